The molecule has 0 aliphatic heterocycles. The molecule has 42 heavy (non-hydrogen) atoms. The molecule has 0 atom stereocenters. The molecule has 3 aromatic rings. The highest BCUT2D eigenvalue weighted by atomic mass is 16.5. The van der Waals surface area contributed by atoms with E-state index >= 15 is 0 Å². The standard InChI is InChI=1S/C13H19NO.C12H17NO.C11H15NO/c1-10-9-11(14)7-8-13(10)15-12-5-3-2-4-6-12;1-9-8-10(13)6-7-12(9)14-11-4-2-3-5-11;1-8-7-9(12)5-6-11(8)13-10-3-2-4-10/h7-9,12H,2-6,14H2,1H3;6-8,11H,2-5,13H2,1H3;5-7,10H,2-4,12H2,1H3. The Morgan fingerprint density at radius 1 is 0.429 bits per heavy atom. The predicted molar refractivity (Wildman–Crippen MR) is 175 cm³/mol. The maximum Gasteiger partial charge on any atom is 0.122 e. The first-order valence-corrected chi connectivity index (χ1v) is 15.8. The Labute approximate surface area is 252 Å². The summed E-state index contributed by atoms with van der Waals surface area (Å²) >= 11 is 0. The van der Waals surface area contributed by atoms with Crippen molar-refractivity contribution in [1.82, 2.24) is 0 Å². The summed E-state index contributed by atoms with van der Waals surface area (Å²) in [4.78, 5) is 0. The lowest BCUT2D eigenvalue weighted by molar-refractivity contribution is 0.119. The van der Waals surface area contributed by atoms with Crippen molar-refractivity contribution >= 4 is 17.1 Å². The van der Waals surface area contributed by atoms with Crippen LogP contribution in [-0.2, 0) is 0 Å². The van der Waals surface area contributed by atoms with Gasteiger partial charge >= 0.3 is 0 Å². The van der Waals surface area contributed by atoms with Crippen LogP contribution in [0.5, 0.6) is 17.2 Å². The zero-order chi connectivity index (χ0) is 29.9. The molecule has 6 nitrogen and oxygen atoms in total. The average molecular weight is 574 g/mol. The van der Waals surface area contributed by atoms with Crippen molar-refractivity contribution in [3.63, 3.8) is 0 Å². The average Bonchev–Trinajstić information content (AvgIpc) is 3.45. The zero-order valence-corrected chi connectivity index (χ0v) is 25.9. The Bertz CT molecular complexity index is 1260. The maximum atomic E-state index is 5.99. The van der Waals surface area contributed by atoms with Gasteiger partial charge in [-0.2, -0.15) is 0 Å². The Hall–Kier alpha value is -3.54. The van der Waals surface area contributed by atoms with E-state index in [9.17, 15) is 0 Å². The number of nitrogens with two attached hydrogens (primary N) is 3. The molecular weight excluding hydrogens is 522 g/mol. The third kappa shape index (κ3) is 9.78. The number of ether oxygens (including phenoxy) is 3. The Morgan fingerprint density at radius 3 is 0.976 bits per heavy atom. The molecule has 3 aromatic carbocycles. The third-order valence-corrected chi connectivity index (χ3v) is 8.38. The third-order valence-electron chi connectivity index (χ3n) is 8.38. The van der Waals surface area contributed by atoms with Crippen molar-refractivity contribution in [1.29, 1.82) is 0 Å². The summed E-state index contributed by atoms with van der Waals surface area (Å²) in [5.41, 5.74) is 22.9. The van der Waals surface area contributed by atoms with Crippen molar-refractivity contribution < 1.29 is 14.2 Å². The highest BCUT2D eigenvalue weighted by Crippen LogP contribution is 2.29. The summed E-state index contributed by atoms with van der Waals surface area (Å²) in [6.07, 6.45) is 16.4. The molecule has 3 aliphatic carbocycles. The van der Waals surface area contributed by atoms with E-state index in [0.29, 0.717) is 18.3 Å². The Kier molecular flexibility index (Phi) is 11.7. The number of aryl methyl sites for hydroxylation is 3. The smallest absolute Gasteiger partial charge is 0.122 e. The van der Waals surface area contributed by atoms with Gasteiger partial charge in [0, 0.05) is 17.1 Å². The number of hydrogen-bond donors (Lipinski definition) is 3. The second-order valence-corrected chi connectivity index (χ2v) is 12.1. The first kappa shape index (κ1) is 31.4. The van der Waals surface area contributed by atoms with Gasteiger partial charge in [-0.15, -0.1) is 0 Å². The van der Waals surface area contributed by atoms with Crippen molar-refractivity contribution in [2.75, 3.05) is 17.2 Å². The first-order chi connectivity index (χ1) is 20.3. The fourth-order valence-electron chi connectivity index (χ4n) is 5.63. The van der Waals surface area contributed by atoms with E-state index in [1.807, 2.05) is 68.4 Å². The second kappa shape index (κ2) is 15.6. The Balaban J connectivity index is 0.000000145. The van der Waals surface area contributed by atoms with Crippen LogP contribution in [0.15, 0.2) is 54.6 Å². The molecule has 6 N–H and O–H groups in total. The van der Waals surface area contributed by atoms with E-state index in [0.717, 1.165) is 51.0 Å². The topological polar surface area (TPSA) is 106 Å². The molecule has 3 saturated carbocycles. The molecule has 3 fully saturated rings. The van der Waals surface area contributed by atoms with Crippen molar-refractivity contribution in [3.8, 4) is 17.2 Å². The van der Waals surface area contributed by atoms with Crippen LogP contribution in [0.4, 0.5) is 17.1 Å². The van der Waals surface area contributed by atoms with Crippen LogP contribution in [0.3, 0.4) is 0 Å². The minimum Gasteiger partial charge on any atom is -0.490 e. The number of nitrogen functional groups attached to an aromatic ring is 3. The molecule has 6 rings (SSSR count). The largest absolute Gasteiger partial charge is 0.490 e. The molecule has 3 aliphatic rings. The van der Waals surface area contributed by atoms with Crippen molar-refractivity contribution in [3.05, 3.63) is 71.3 Å². The number of anilines is 3. The fraction of sp³-hybridized carbons (Fsp3) is 0.500. The summed E-state index contributed by atoms with van der Waals surface area (Å²) in [6.45, 7) is 6.12. The maximum absolute atomic E-state index is 5.99. The summed E-state index contributed by atoms with van der Waals surface area (Å²) in [6, 6.07) is 17.5. The molecule has 0 radical (unpaired) electrons. The SMILES string of the molecule is Cc1cc(N)ccc1OC1CCC1.Cc1cc(N)ccc1OC1CCCC1.Cc1cc(N)ccc1OC1CCCCC1. The fourth-order valence-corrected chi connectivity index (χ4v) is 5.63. The van der Waals surface area contributed by atoms with Gasteiger partial charge in [0.1, 0.15) is 17.2 Å². The molecule has 228 valence electrons. The highest BCUT2D eigenvalue weighted by Gasteiger charge is 2.20. The van der Waals surface area contributed by atoms with Crippen LogP contribution in [0.1, 0.15) is 93.7 Å². The molecular formula is C36H51N3O3. The van der Waals surface area contributed by atoms with E-state index < -0.39 is 0 Å². The van der Waals surface area contributed by atoms with Crippen molar-refractivity contribution in [2.24, 2.45) is 0 Å². The summed E-state index contributed by atoms with van der Waals surface area (Å²) in [5, 5.41) is 0. The van der Waals surface area contributed by atoms with Gasteiger partial charge in [-0.1, -0.05) is 6.42 Å². The molecule has 0 amide bonds. The van der Waals surface area contributed by atoms with Crippen molar-refractivity contribution in [2.45, 2.75) is 116 Å². The number of benzene rings is 3. The van der Waals surface area contributed by atoms with Gasteiger partial charge in [0.05, 0.1) is 18.3 Å². The van der Waals surface area contributed by atoms with E-state index in [1.165, 1.54) is 77.0 Å². The van der Waals surface area contributed by atoms with E-state index in [4.69, 9.17) is 31.4 Å². The van der Waals surface area contributed by atoms with Crippen LogP contribution >= 0.6 is 0 Å². The van der Waals surface area contributed by atoms with Crippen LogP contribution < -0.4 is 31.4 Å². The molecule has 0 bridgehead atoms. The first-order valence-electron chi connectivity index (χ1n) is 15.8. The van der Waals surface area contributed by atoms with Crippen LogP contribution in [-0.4, -0.2) is 18.3 Å². The van der Waals surface area contributed by atoms with Gasteiger partial charge in [0.15, 0.2) is 0 Å². The highest BCUT2D eigenvalue weighted by molar-refractivity contribution is 5.48. The quantitative estimate of drug-likeness (QED) is 0.255. The second-order valence-electron chi connectivity index (χ2n) is 12.1. The van der Waals surface area contributed by atoms with E-state index in [1.54, 1.807) is 0 Å². The minimum absolute atomic E-state index is 0.418. The lowest BCUT2D eigenvalue weighted by atomic mass is 9.96. The lowest BCUT2D eigenvalue weighted by Gasteiger charge is -2.27. The monoisotopic (exact) mass is 573 g/mol. The van der Waals surface area contributed by atoms with Gasteiger partial charge in [-0.05, 0) is 163 Å². The number of hydrogen-bond acceptors (Lipinski definition) is 6. The molecule has 0 spiro atoms. The molecule has 0 heterocycles. The molecule has 0 saturated heterocycles. The van der Waals surface area contributed by atoms with Crippen LogP contribution in [0.2, 0.25) is 0 Å². The van der Waals surface area contributed by atoms with Gasteiger partial charge in [0.25, 0.3) is 0 Å². The summed E-state index contributed by atoms with van der Waals surface area (Å²) < 4.78 is 17.7. The van der Waals surface area contributed by atoms with E-state index in [2.05, 4.69) is 6.92 Å². The van der Waals surface area contributed by atoms with Crippen LogP contribution in [0, 0.1) is 20.8 Å². The Morgan fingerprint density at radius 2 is 0.714 bits per heavy atom. The minimum atomic E-state index is 0.418. The van der Waals surface area contributed by atoms with Gasteiger partial charge in [-0.25, -0.2) is 0 Å². The normalized spacial score (nSPS) is 17.2. The summed E-state index contributed by atoms with van der Waals surface area (Å²) in [7, 11) is 0. The molecule has 0 unspecified atom stereocenters. The van der Waals surface area contributed by atoms with Gasteiger partial charge in [-0.3, -0.25) is 0 Å². The van der Waals surface area contributed by atoms with E-state index in [-0.39, 0.29) is 0 Å². The lowest BCUT2D eigenvalue weighted by Crippen LogP contribution is -2.24. The number of rotatable bonds is 6. The van der Waals surface area contributed by atoms with Gasteiger partial charge in [0.2, 0.25) is 0 Å². The van der Waals surface area contributed by atoms with Gasteiger partial charge < -0.3 is 31.4 Å². The zero-order valence-electron chi connectivity index (χ0n) is 25.9. The predicted octanol–water partition coefficient (Wildman–Crippen LogP) is 8.70. The molecule has 0 aromatic heterocycles. The van der Waals surface area contributed by atoms with Crippen LogP contribution in [0.25, 0.3) is 0 Å². The molecule has 6 heteroatoms. The summed E-state index contributed by atoms with van der Waals surface area (Å²) in [5.74, 6) is 2.97.